The van der Waals surface area contributed by atoms with Crippen molar-refractivity contribution < 1.29 is 19.3 Å². The lowest BCUT2D eigenvalue weighted by atomic mass is 10.2. The number of nitrogens with two attached hydrogens (primary N) is 1. The van der Waals surface area contributed by atoms with Crippen molar-refractivity contribution in [2.24, 2.45) is 0 Å². The van der Waals surface area contributed by atoms with Gasteiger partial charge in [0, 0.05) is 0 Å². The highest BCUT2D eigenvalue weighted by Gasteiger charge is 2.42. The molecule has 0 bridgehead atoms. The Balaban J connectivity index is 1.70. The summed E-state index contributed by atoms with van der Waals surface area (Å²) in [6.07, 6.45) is 1.83. The zero-order valence-corrected chi connectivity index (χ0v) is 10.9. The second kappa shape index (κ2) is 5.30. The Hall–Kier alpha value is -2.40. The lowest BCUT2D eigenvalue weighted by molar-refractivity contribution is -0.691. The van der Waals surface area contributed by atoms with Gasteiger partial charge in [-0.3, -0.25) is 9.59 Å². The van der Waals surface area contributed by atoms with E-state index in [4.69, 9.17) is 4.42 Å². The molecule has 0 unspecified atom stereocenters. The van der Waals surface area contributed by atoms with Crippen LogP contribution in [0.25, 0.3) is 0 Å². The third-order valence-electron chi connectivity index (χ3n) is 3.38. The number of carbonyl (C=O) groups excluding carboxylic acids is 2. The van der Waals surface area contributed by atoms with Gasteiger partial charge < -0.3 is 9.73 Å². The average Bonchev–Trinajstić information content (AvgIpc) is 3.06. The van der Waals surface area contributed by atoms with Crippen LogP contribution >= 0.6 is 0 Å². The molecule has 0 saturated carbocycles. The maximum absolute atomic E-state index is 12.3. The van der Waals surface area contributed by atoms with Gasteiger partial charge in [0.15, 0.2) is 11.8 Å². The monoisotopic (exact) mass is 271 g/mol. The smallest absolute Gasteiger partial charge is 0.292 e. The highest BCUT2D eigenvalue weighted by molar-refractivity contribution is 6.21. The largest absolute Gasteiger partial charge is 0.463 e. The van der Waals surface area contributed by atoms with Gasteiger partial charge in [-0.25, -0.2) is 4.90 Å². The normalized spacial score (nSPS) is 18.8. The van der Waals surface area contributed by atoms with Crippen molar-refractivity contribution in [1.82, 2.24) is 0 Å². The first-order valence-electron chi connectivity index (χ1n) is 6.53. The van der Waals surface area contributed by atoms with Crippen molar-refractivity contribution in [2.45, 2.75) is 19.0 Å². The molecule has 1 aromatic heterocycles. The molecule has 1 aliphatic rings. The highest BCUT2D eigenvalue weighted by Crippen LogP contribution is 2.20. The van der Waals surface area contributed by atoms with Crippen LogP contribution in [0, 0.1) is 0 Å². The van der Waals surface area contributed by atoms with Crippen LogP contribution in [0.2, 0.25) is 0 Å². The van der Waals surface area contributed by atoms with E-state index in [-0.39, 0.29) is 24.3 Å². The molecule has 1 fully saturated rings. The van der Waals surface area contributed by atoms with Gasteiger partial charge >= 0.3 is 0 Å². The summed E-state index contributed by atoms with van der Waals surface area (Å²) in [5.74, 6) is 0.484. The van der Waals surface area contributed by atoms with Gasteiger partial charge in [-0.2, -0.15) is 0 Å². The summed E-state index contributed by atoms with van der Waals surface area (Å²) >= 11 is 0. The lowest BCUT2D eigenvalue weighted by Crippen LogP contribution is -2.90. The molecule has 1 aliphatic heterocycles. The molecular formula is C15H15N2O3+. The van der Waals surface area contributed by atoms with Crippen LogP contribution in [0.3, 0.4) is 0 Å². The first kappa shape index (κ1) is 12.6. The van der Waals surface area contributed by atoms with Gasteiger partial charge in [0.1, 0.15) is 6.54 Å². The van der Waals surface area contributed by atoms with Gasteiger partial charge in [-0.15, -0.1) is 0 Å². The van der Waals surface area contributed by atoms with Gasteiger partial charge in [-0.05, 0) is 24.3 Å². The Kier molecular flexibility index (Phi) is 3.35. The summed E-state index contributed by atoms with van der Waals surface area (Å²) in [6, 6.07) is 12.3. The number of carbonyl (C=O) groups is 2. The molecule has 2 aromatic rings. The first-order chi connectivity index (χ1) is 9.75. The van der Waals surface area contributed by atoms with E-state index in [9.17, 15) is 9.59 Å². The molecule has 0 radical (unpaired) electrons. The Morgan fingerprint density at radius 2 is 1.95 bits per heavy atom. The minimum Gasteiger partial charge on any atom is -0.463 e. The molecule has 2 amide bonds. The molecule has 5 nitrogen and oxygen atoms in total. The topological polar surface area (TPSA) is 67.1 Å². The van der Waals surface area contributed by atoms with Crippen LogP contribution in [0.4, 0.5) is 5.69 Å². The summed E-state index contributed by atoms with van der Waals surface area (Å²) in [5.41, 5.74) is 0.636. The molecule has 2 N–H and O–H groups in total. The van der Waals surface area contributed by atoms with Gasteiger partial charge in [-0.1, -0.05) is 18.2 Å². The van der Waals surface area contributed by atoms with E-state index < -0.39 is 0 Å². The van der Waals surface area contributed by atoms with E-state index >= 15 is 0 Å². The fourth-order valence-electron chi connectivity index (χ4n) is 2.38. The Morgan fingerprint density at radius 1 is 1.15 bits per heavy atom. The zero-order chi connectivity index (χ0) is 13.9. The number of hydrogen-bond acceptors (Lipinski definition) is 3. The van der Waals surface area contributed by atoms with Crippen molar-refractivity contribution in [1.29, 1.82) is 0 Å². The van der Waals surface area contributed by atoms with Crippen LogP contribution in [0.15, 0.2) is 53.1 Å². The minimum atomic E-state index is -0.368. The molecule has 0 spiro atoms. The summed E-state index contributed by atoms with van der Waals surface area (Å²) < 4.78 is 5.23. The number of rotatable bonds is 4. The van der Waals surface area contributed by atoms with Crippen molar-refractivity contribution in [3.8, 4) is 0 Å². The van der Waals surface area contributed by atoms with Gasteiger partial charge in [0.05, 0.1) is 18.4 Å². The predicted molar refractivity (Wildman–Crippen MR) is 71.7 cm³/mol. The minimum absolute atomic E-state index is 0.151. The predicted octanol–water partition coefficient (Wildman–Crippen LogP) is 0.675. The first-order valence-corrected chi connectivity index (χ1v) is 6.53. The Morgan fingerprint density at radius 3 is 2.65 bits per heavy atom. The number of quaternary nitrogens is 1. The quantitative estimate of drug-likeness (QED) is 0.831. The third kappa shape index (κ3) is 2.35. The van der Waals surface area contributed by atoms with E-state index in [2.05, 4.69) is 0 Å². The number of anilines is 1. The average molecular weight is 271 g/mol. The molecule has 1 atom stereocenters. The highest BCUT2D eigenvalue weighted by atomic mass is 16.3. The van der Waals surface area contributed by atoms with Crippen molar-refractivity contribution in [2.75, 3.05) is 4.90 Å². The van der Waals surface area contributed by atoms with Crippen molar-refractivity contribution in [3.05, 3.63) is 54.5 Å². The molecule has 0 aliphatic carbocycles. The van der Waals surface area contributed by atoms with Crippen molar-refractivity contribution >= 4 is 17.5 Å². The standard InChI is InChI=1S/C15H14N2O3/c18-14-9-13(16-10-12-7-4-8-20-12)15(19)17(14)11-5-2-1-3-6-11/h1-8,13,16H,9-10H2/p+1/t13-/m0/s1. The lowest BCUT2D eigenvalue weighted by Gasteiger charge is -2.13. The summed E-state index contributed by atoms with van der Waals surface area (Å²) in [5, 5.41) is 1.85. The van der Waals surface area contributed by atoms with E-state index in [1.165, 1.54) is 4.90 Å². The number of furan rings is 1. The second-order valence-corrected chi connectivity index (χ2v) is 4.73. The summed E-state index contributed by atoms with van der Waals surface area (Å²) in [4.78, 5) is 25.6. The van der Waals surface area contributed by atoms with E-state index in [0.717, 1.165) is 5.76 Å². The molecule has 2 heterocycles. The molecule has 102 valence electrons. The molecule has 3 rings (SSSR count). The molecule has 20 heavy (non-hydrogen) atoms. The number of benzene rings is 1. The fourth-order valence-corrected chi connectivity index (χ4v) is 2.38. The maximum atomic E-state index is 12.3. The number of imide groups is 1. The van der Waals surface area contributed by atoms with Crippen LogP contribution < -0.4 is 10.2 Å². The summed E-state index contributed by atoms with van der Waals surface area (Å²) in [6.45, 7) is 0.555. The van der Waals surface area contributed by atoms with E-state index in [0.29, 0.717) is 12.2 Å². The number of hydrogen-bond donors (Lipinski definition) is 1. The third-order valence-corrected chi connectivity index (χ3v) is 3.38. The van der Waals surface area contributed by atoms with Gasteiger partial charge in [0.2, 0.25) is 5.91 Å². The van der Waals surface area contributed by atoms with E-state index in [1.54, 1.807) is 24.5 Å². The van der Waals surface area contributed by atoms with Crippen LogP contribution in [-0.2, 0) is 16.1 Å². The fraction of sp³-hybridized carbons (Fsp3) is 0.200. The maximum Gasteiger partial charge on any atom is 0.292 e. The number of amides is 2. The SMILES string of the molecule is O=C1C[C@H]([NH2+]Cc2ccco2)C(=O)N1c1ccccc1. The van der Waals surface area contributed by atoms with Crippen LogP contribution in [-0.4, -0.2) is 17.9 Å². The molecule has 1 aromatic carbocycles. The van der Waals surface area contributed by atoms with Gasteiger partial charge in [0.25, 0.3) is 5.91 Å². The summed E-state index contributed by atoms with van der Waals surface area (Å²) in [7, 11) is 0. The Bertz CT molecular complexity index is 607. The molecule has 1 saturated heterocycles. The second-order valence-electron chi connectivity index (χ2n) is 4.73. The van der Waals surface area contributed by atoms with Crippen molar-refractivity contribution in [3.63, 3.8) is 0 Å². The Labute approximate surface area is 116 Å². The molecule has 5 heteroatoms. The zero-order valence-electron chi connectivity index (χ0n) is 10.9. The molecular weight excluding hydrogens is 256 g/mol. The van der Waals surface area contributed by atoms with E-state index in [1.807, 2.05) is 29.6 Å². The van der Waals surface area contributed by atoms with Crippen LogP contribution in [0.5, 0.6) is 0 Å². The van der Waals surface area contributed by atoms with Crippen LogP contribution in [0.1, 0.15) is 12.2 Å². The number of para-hydroxylation sites is 1. The number of nitrogens with zero attached hydrogens (tertiary/aromatic N) is 1.